The van der Waals surface area contributed by atoms with E-state index in [1.54, 1.807) is 30.6 Å². The quantitative estimate of drug-likeness (QED) is 0.184. The van der Waals surface area contributed by atoms with E-state index in [2.05, 4.69) is 36.7 Å². The van der Waals surface area contributed by atoms with Crippen molar-refractivity contribution in [3.8, 4) is 5.82 Å². The molecule has 0 atom stereocenters. The highest BCUT2D eigenvalue weighted by Gasteiger charge is 2.39. The molecule has 5 nitrogen and oxygen atoms in total. The highest BCUT2D eigenvalue weighted by Crippen LogP contribution is 2.43. The maximum atomic E-state index is 17.2. The van der Waals surface area contributed by atoms with E-state index in [-0.39, 0.29) is 28.0 Å². The van der Waals surface area contributed by atoms with Crippen molar-refractivity contribution in [3.63, 3.8) is 0 Å². The van der Waals surface area contributed by atoms with Crippen molar-refractivity contribution in [2.24, 2.45) is 0 Å². The van der Waals surface area contributed by atoms with Gasteiger partial charge in [-0.05, 0) is 62.9 Å². The van der Waals surface area contributed by atoms with Gasteiger partial charge in [-0.1, -0.05) is 70.3 Å². The highest BCUT2D eigenvalue weighted by atomic mass is 19.3. The summed E-state index contributed by atoms with van der Waals surface area (Å²) in [6.45, 7) is 8.95. The van der Waals surface area contributed by atoms with Gasteiger partial charge in [-0.3, -0.25) is 9.55 Å². The molecule has 4 heterocycles. The second-order valence-electron chi connectivity index (χ2n) is 13.7. The molecule has 0 saturated heterocycles. The predicted molar refractivity (Wildman–Crippen MR) is 182 cm³/mol. The van der Waals surface area contributed by atoms with Gasteiger partial charge in [-0.25, -0.2) is 4.98 Å². The van der Waals surface area contributed by atoms with Gasteiger partial charge in [0.2, 0.25) is 5.69 Å². The first-order valence-corrected chi connectivity index (χ1v) is 15.0. The fraction of sp³-hybridized carbons (Fsp3) is 0.256. The molecular formula is C39H37F2N5+2. The van der Waals surface area contributed by atoms with E-state index in [0.717, 1.165) is 10.1 Å². The zero-order valence-electron chi connectivity index (χ0n) is 33.4. The second kappa shape index (κ2) is 10.3. The number of para-hydroxylation sites is 2. The SMILES string of the molecule is [2H]c1c([2H])c([2H])c2c(c1[2H])[N+](c1cc(C(C)(C)C)cc(C(F)(F)c3ccc4c5ncccc5n(-c5cc(C(C)(C)C)ccn5)c4c3)c1)=C=[N+]2C([2H])([2H])[2H]. The summed E-state index contributed by atoms with van der Waals surface area (Å²) < 4.78 is 96.0. The summed E-state index contributed by atoms with van der Waals surface area (Å²) in [6.07, 6.45) is 3.37. The summed E-state index contributed by atoms with van der Waals surface area (Å²) >= 11 is 0. The lowest BCUT2D eigenvalue weighted by atomic mass is 9.84. The molecule has 0 fully saturated rings. The first-order chi connectivity index (χ1) is 24.6. The molecule has 1 aliphatic heterocycles. The number of pyridine rings is 2. The Labute approximate surface area is 277 Å². The molecule has 3 aromatic carbocycles. The Balaban J connectivity index is 1.47. The summed E-state index contributed by atoms with van der Waals surface area (Å²) in [5.41, 5.74) is 1.34. The number of aromatic nitrogens is 3. The molecule has 0 spiro atoms. The van der Waals surface area contributed by atoms with Crippen LogP contribution in [0.4, 0.5) is 25.8 Å². The number of halogens is 2. The van der Waals surface area contributed by atoms with Gasteiger partial charge >= 0.3 is 6.01 Å². The number of hydrogen-bond acceptors (Lipinski definition) is 2. The summed E-state index contributed by atoms with van der Waals surface area (Å²) in [5.74, 6) is -3.04. The Morgan fingerprint density at radius 3 is 2.24 bits per heavy atom. The minimum atomic E-state index is -3.60. The average molecular weight is 621 g/mol. The van der Waals surface area contributed by atoms with Crippen LogP contribution in [0.2, 0.25) is 0 Å². The van der Waals surface area contributed by atoms with E-state index in [4.69, 9.17) is 9.60 Å². The van der Waals surface area contributed by atoms with Crippen LogP contribution in [-0.4, -0.2) is 32.1 Å². The van der Waals surface area contributed by atoms with E-state index in [0.29, 0.717) is 37.9 Å². The molecule has 7 heteroatoms. The van der Waals surface area contributed by atoms with Gasteiger partial charge in [0.1, 0.15) is 9.93 Å². The first kappa shape index (κ1) is 22.5. The predicted octanol–water partition coefficient (Wildman–Crippen LogP) is 9.60. The minimum absolute atomic E-state index is 0.0627. The van der Waals surface area contributed by atoms with E-state index in [1.807, 2.05) is 43.5 Å². The third kappa shape index (κ3) is 4.83. The molecule has 3 aromatic heterocycles. The number of alkyl halides is 2. The van der Waals surface area contributed by atoms with Crippen LogP contribution in [-0.2, 0) is 16.8 Å². The third-order valence-corrected chi connectivity index (χ3v) is 8.42. The summed E-state index contributed by atoms with van der Waals surface area (Å²) in [6, 6.07) is 16.6. The molecule has 0 radical (unpaired) electrons. The average Bonchev–Trinajstić information content (AvgIpc) is 3.66. The topological polar surface area (TPSA) is 36.7 Å². The summed E-state index contributed by atoms with van der Waals surface area (Å²) in [4.78, 5) is 9.24. The van der Waals surface area contributed by atoms with E-state index in [1.165, 1.54) is 24.3 Å². The maximum absolute atomic E-state index is 17.2. The van der Waals surface area contributed by atoms with Crippen molar-refractivity contribution in [2.75, 3.05) is 6.98 Å². The lowest BCUT2D eigenvalue weighted by Crippen LogP contribution is -2.19. The van der Waals surface area contributed by atoms with Gasteiger partial charge in [0, 0.05) is 53.1 Å². The molecule has 46 heavy (non-hydrogen) atoms. The molecule has 0 aliphatic carbocycles. The lowest BCUT2D eigenvalue weighted by Gasteiger charge is -2.23. The van der Waals surface area contributed by atoms with Crippen LogP contribution >= 0.6 is 0 Å². The van der Waals surface area contributed by atoms with Crippen LogP contribution in [0.5, 0.6) is 0 Å². The van der Waals surface area contributed by atoms with Crippen LogP contribution in [0.3, 0.4) is 0 Å². The highest BCUT2D eigenvalue weighted by molar-refractivity contribution is 6.07. The molecule has 6 aromatic rings. The van der Waals surface area contributed by atoms with Gasteiger partial charge in [0.05, 0.1) is 22.0 Å². The fourth-order valence-electron chi connectivity index (χ4n) is 5.81. The number of hydrogen-bond donors (Lipinski definition) is 0. The maximum Gasteiger partial charge on any atom is 0.496 e. The van der Waals surface area contributed by atoms with Crippen LogP contribution in [0.15, 0.2) is 97.2 Å². The Morgan fingerprint density at radius 2 is 1.50 bits per heavy atom. The smallest absolute Gasteiger partial charge is 0.292 e. The molecule has 0 bridgehead atoms. The minimum Gasteiger partial charge on any atom is -0.292 e. The normalized spacial score (nSPS) is 16.1. The van der Waals surface area contributed by atoms with Crippen molar-refractivity contribution in [1.82, 2.24) is 19.1 Å². The zero-order valence-corrected chi connectivity index (χ0v) is 26.4. The van der Waals surface area contributed by atoms with E-state index >= 15 is 8.78 Å². The monoisotopic (exact) mass is 620 g/mol. The molecule has 0 N–H and O–H groups in total. The van der Waals surface area contributed by atoms with Crippen molar-refractivity contribution in [3.05, 3.63) is 119 Å². The molecule has 7 rings (SSSR count). The molecule has 0 unspecified atom stereocenters. The van der Waals surface area contributed by atoms with Gasteiger partial charge in [0.15, 0.2) is 6.98 Å². The Kier molecular flexibility index (Phi) is 5.02. The van der Waals surface area contributed by atoms with Crippen LogP contribution in [0, 0.1) is 0 Å². The Morgan fingerprint density at radius 1 is 0.761 bits per heavy atom. The third-order valence-electron chi connectivity index (χ3n) is 8.42. The largest absolute Gasteiger partial charge is 0.496 e. The molecule has 0 saturated carbocycles. The molecular weight excluding hydrogens is 576 g/mol. The van der Waals surface area contributed by atoms with Gasteiger partial charge in [-0.2, -0.15) is 8.78 Å². The Bertz CT molecular complexity index is 2590. The zero-order chi connectivity index (χ0) is 38.6. The number of nitrogens with zero attached hydrogens (tertiary/aromatic N) is 5. The summed E-state index contributed by atoms with van der Waals surface area (Å²) in [7, 11) is 0. The number of fused-ring (bicyclic) bond motifs is 4. The number of rotatable bonds is 4. The number of benzene rings is 3. The van der Waals surface area contributed by atoms with Crippen LogP contribution in [0.25, 0.3) is 27.8 Å². The first-order valence-electron chi connectivity index (χ1n) is 18.5. The molecule has 1 aliphatic rings. The van der Waals surface area contributed by atoms with Crippen molar-refractivity contribution >= 4 is 45.0 Å². The summed E-state index contributed by atoms with van der Waals surface area (Å²) in [5, 5.41) is 0.670. The van der Waals surface area contributed by atoms with Crippen molar-refractivity contribution < 1.29 is 23.0 Å². The van der Waals surface area contributed by atoms with E-state index < -0.39 is 48.0 Å². The molecule has 0 amide bonds. The van der Waals surface area contributed by atoms with E-state index in [9.17, 15) is 0 Å². The Hall–Kier alpha value is -5.00. The van der Waals surface area contributed by atoms with Crippen LogP contribution in [0.1, 0.15) is 73.4 Å². The lowest BCUT2D eigenvalue weighted by molar-refractivity contribution is -0.394. The fourth-order valence-corrected chi connectivity index (χ4v) is 5.81. The van der Waals surface area contributed by atoms with Crippen LogP contribution < -0.4 is 4.58 Å². The van der Waals surface area contributed by atoms with Gasteiger partial charge in [0.25, 0.3) is 17.3 Å². The van der Waals surface area contributed by atoms with Gasteiger partial charge < -0.3 is 0 Å². The second-order valence-corrected chi connectivity index (χ2v) is 13.7. The van der Waals surface area contributed by atoms with Crippen molar-refractivity contribution in [1.29, 1.82) is 0 Å². The molecule has 230 valence electrons. The van der Waals surface area contributed by atoms with Gasteiger partial charge in [-0.15, -0.1) is 0 Å². The van der Waals surface area contributed by atoms with Crippen molar-refractivity contribution in [2.45, 2.75) is 58.3 Å². The standard InChI is InChI=1S/C39H37F2N5/c1-37(2,3)25-16-18-42-35(23-25)46-33-13-10-17-43-36(33)30-15-14-26(22-34(30)46)39(40,41)28-19-27(38(4,5)6)20-29(21-28)45-24-44(7)31-11-8-9-12-32(31)45/h8-23H,1-7H3/q+2/i7D3,8D,9D,11D,12D.